The minimum atomic E-state index is -4.59. The van der Waals surface area contributed by atoms with Gasteiger partial charge in [-0.2, -0.15) is 32.8 Å². The summed E-state index contributed by atoms with van der Waals surface area (Å²) in [5.41, 5.74) is 0.420. The zero-order valence-corrected chi connectivity index (χ0v) is 21.5. The van der Waals surface area contributed by atoms with Gasteiger partial charge >= 0.3 is 6.18 Å². The molecule has 1 unspecified atom stereocenters. The number of aromatic nitrogens is 4. The van der Waals surface area contributed by atoms with Crippen molar-refractivity contribution in [3.63, 3.8) is 0 Å². The normalized spacial score (nSPS) is 15.3. The third-order valence-corrected chi connectivity index (χ3v) is 6.77. The molecule has 2 aromatic heterocycles. The summed E-state index contributed by atoms with van der Waals surface area (Å²) in [4.78, 5) is 11.5. The molecule has 1 atom stereocenters. The molecule has 0 N–H and O–H groups in total. The fourth-order valence-corrected chi connectivity index (χ4v) is 4.88. The fraction of sp³-hybridized carbons (Fsp3) is 0.480. The second-order valence-corrected chi connectivity index (χ2v) is 9.44. The molecule has 3 aromatic rings. The lowest BCUT2D eigenvalue weighted by atomic mass is 10.00. The Morgan fingerprint density at radius 1 is 1.24 bits per heavy atom. The molecule has 0 aliphatic carbocycles. The molecule has 3 heterocycles. The topological polar surface area (TPSA) is 58.8 Å². The molecule has 1 saturated heterocycles. The van der Waals surface area contributed by atoms with Crippen molar-refractivity contribution in [2.24, 2.45) is 0 Å². The molecule has 200 valence electrons. The van der Waals surface area contributed by atoms with Crippen LogP contribution in [0.2, 0.25) is 5.15 Å². The molecule has 7 nitrogen and oxygen atoms in total. The maximum atomic E-state index is 15.6. The third kappa shape index (κ3) is 5.82. The van der Waals surface area contributed by atoms with E-state index < -0.39 is 18.0 Å². The zero-order valence-electron chi connectivity index (χ0n) is 20.7. The number of ether oxygens (including phenoxy) is 1. The van der Waals surface area contributed by atoms with Crippen LogP contribution in [0.3, 0.4) is 0 Å². The van der Waals surface area contributed by atoms with E-state index >= 15 is 4.39 Å². The fourth-order valence-electron chi connectivity index (χ4n) is 4.62. The second kappa shape index (κ2) is 11.2. The Labute approximate surface area is 217 Å². The Balaban J connectivity index is 1.73. The molecule has 0 spiro atoms. The van der Waals surface area contributed by atoms with Gasteiger partial charge in [0.15, 0.2) is 0 Å². The van der Waals surface area contributed by atoms with Crippen LogP contribution in [0, 0.1) is 12.7 Å². The van der Waals surface area contributed by atoms with E-state index in [0.29, 0.717) is 17.9 Å². The molecular weight excluding hydrogens is 512 g/mol. The lowest BCUT2D eigenvalue weighted by Gasteiger charge is -2.33. The Bertz CT molecular complexity index is 1230. The highest BCUT2D eigenvalue weighted by Gasteiger charge is 2.42. The average Bonchev–Trinajstić information content (AvgIpc) is 3.51. The van der Waals surface area contributed by atoms with Crippen LogP contribution in [0.1, 0.15) is 31.7 Å². The molecular formula is C25H29ClF4N6O. The number of anilines is 1. The van der Waals surface area contributed by atoms with Crippen LogP contribution >= 0.6 is 11.6 Å². The van der Waals surface area contributed by atoms with Crippen LogP contribution in [-0.4, -0.2) is 69.5 Å². The van der Waals surface area contributed by atoms with Crippen LogP contribution < -0.4 is 9.64 Å². The van der Waals surface area contributed by atoms with E-state index in [4.69, 9.17) is 16.3 Å². The van der Waals surface area contributed by atoms with Gasteiger partial charge in [-0.15, -0.1) is 6.58 Å². The summed E-state index contributed by atoms with van der Waals surface area (Å²) in [6.07, 6.45) is 1.10. The summed E-state index contributed by atoms with van der Waals surface area (Å²) in [6.45, 7) is 9.55. The summed E-state index contributed by atoms with van der Waals surface area (Å²) in [5, 5.41) is 3.87. The summed E-state index contributed by atoms with van der Waals surface area (Å²) in [6, 6.07) is 0.900. The van der Waals surface area contributed by atoms with Gasteiger partial charge in [-0.25, -0.2) is 4.39 Å². The SMILES string of the molecule is C=CCN(c1c(-c2c(C)cc(OCCCN3CCCC3)cc2F)c(Cl)nc2ncnn12)C(C)C(F)(F)F. The highest BCUT2D eigenvalue weighted by Crippen LogP contribution is 2.42. The quantitative estimate of drug-likeness (QED) is 0.142. The van der Waals surface area contributed by atoms with Crippen LogP contribution in [0.15, 0.2) is 31.1 Å². The summed E-state index contributed by atoms with van der Waals surface area (Å²) in [7, 11) is 0. The Hall–Kier alpha value is -2.92. The number of nitrogens with zero attached hydrogens (tertiary/aromatic N) is 6. The molecule has 1 aliphatic heterocycles. The summed E-state index contributed by atoms with van der Waals surface area (Å²) in [5.74, 6) is -0.460. The molecule has 1 aromatic carbocycles. The van der Waals surface area contributed by atoms with E-state index in [1.807, 2.05) is 0 Å². The first kappa shape index (κ1) is 27.1. The molecule has 1 fully saturated rings. The van der Waals surface area contributed by atoms with Crippen molar-refractivity contribution in [1.29, 1.82) is 0 Å². The van der Waals surface area contributed by atoms with Crippen molar-refractivity contribution in [3.8, 4) is 16.9 Å². The number of hydrogen-bond acceptors (Lipinski definition) is 6. The highest BCUT2D eigenvalue weighted by atomic mass is 35.5. The molecule has 0 saturated carbocycles. The zero-order chi connectivity index (χ0) is 26.7. The lowest BCUT2D eigenvalue weighted by Crippen LogP contribution is -2.45. The van der Waals surface area contributed by atoms with Crippen LogP contribution in [0.25, 0.3) is 16.9 Å². The number of fused-ring (bicyclic) bond motifs is 1. The van der Waals surface area contributed by atoms with Crippen molar-refractivity contribution >= 4 is 23.2 Å². The van der Waals surface area contributed by atoms with Gasteiger partial charge < -0.3 is 14.5 Å². The number of halogens is 5. The summed E-state index contributed by atoms with van der Waals surface area (Å²) < 4.78 is 64.2. The van der Waals surface area contributed by atoms with Crippen LogP contribution in [0.4, 0.5) is 23.4 Å². The lowest BCUT2D eigenvalue weighted by molar-refractivity contribution is -0.144. The monoisotopic (exact) mass is 540 g/mol. The van der Waals surface area contributed by atoms with E-state index in [1.165, 1.54) is 25.0 Å². The van der Waals surface area contributed by atoms with Crippen molar-refractivity contribution in [1.82, 2.24) is 24.5 Å². The highest BCUT2D eigenvalue weighted by molar-refractivity contribution is 6.33. The standard InChI is InChI=1S/C25H29ClF4N6O/c1-4-8-35(17(3)25(28,29)30)23-21(22(26)33-24-31-15-32-36(23)24)20-16(2)13-18(14-19(20)27)37-12-7-11-34-9-5-6-10-34/h4,13-15,17H,1,5-12H2,2-3H3. The Kier molecular flexibility index (Phi) is 8.23. The number of benzene rings is 1. The van der Waals surface area contributed by atoms with Crippen LogP contribution in [0.5, 0.6) is 5.75 Å². The average molecular weight is 541 g/mol. The van der Waals surface area contributed by atoms with Crippen LogP contribution in [-0.2, 0) is 0 Å². The first-order valence-electron chi connectivity index (χ1n) is 12.1. The van der Waals surface area contributed by atoms with Crippen molar-refractivity contribution in [2.75, 3.05) is 37.7 Å². The molecule has 0 radical (unpaired) electrons. The van der Waals surface area contributed by atoms with Crippen molar-refractivity contribution in [3.05, 3.63) is 47.6 Å². The molecule has 12 heteroatoms. The van der Waals surface area contributed by atoms with Gasteiger partial charge in [-0.3, -0.25) is 0 Å². The van der Waals surface area contributed by atoms with Crippen molar-refractivity contribution in [2.45, 2.75) is 45.3 Å². The van der Waals surface area contributed by atoms with E-state index in [9.17, 15) is 13.2 Å². The van der Waals surface area contributed by atoms with E-state index in [-0.39, 0.29) is 34.4 Å². The maximum Gasteiger partial charge on any atom is 0.408 e. The molecule has 37 heavy (non-hydrogen) atoms. The molecule has 1 aliphatic rings. The first-order chi connectivity index (χ1) is 17.6. The van der Waals surface area contributed by atoms with Gasteiger partial charge in [0.2, 0.25) is 0 Å². The van der Waals surface area contributed by atoms with Crippen molar-refractivity contribution < 1.29 is 22.3 Å². The second-order valence-electron chi connectivity index (χ2n) is 9.08. The van der Waals surface area contributed by atoms with E-state index in [0.717, 1.165) is 48.7 Å². The summed E-state index contributed by atoms with van der Waals surface area (Å²) >= 11 is 6.48. The van der Waals surface area contributed by atoms with Gasteiger partial charge in [-0.1, -0.05) is 17.7 Å². The van der Waals surface area contributed by atoms with Gasteiger partial charge in [0.1, 0.15) is 34.9 Å². The number of aryl methyl sites for hydroxylation is 1. The smallest absolute Gasteiger partial charge is 0.408 e. The number of hydrogen-bond donors (Lipinski definition) is 0. The molecule has 0 bridgehead atoms. The number of alkyl halides is 3. The van der Waals surface area contributed by atoms with Gasteiger partial charge in [-0.05, 0) is 57.8 Å². The minimum Gasteiger partial charge on any atom is -0.493 e. The van der Waals surface area contributed by atoms with Gasteiger partial charge in [0.05, 0.1) is 12.2 Å². The number of likely N-dealkylation sites (tertiary alicyclic amines) is 1. The van der Waals surface area contributed by atoms with E-state index in [2.05, 4.69) is 26.5 Å². The Morgan fingerprint density at radius 2 is 1.97 bits per heavy atom. The predicted molar refractivity (Wildman–Crippen MR) is 135 cm³/mol. The third-order valence-electron chi connectivity index (χ3n) is 6.49. The van der Waals surface area contributed by atoms with Gasteiger partial charge in [0.25, 0.3) is 5.78 Å². The number of rotatable bonds is 10. The predicted octanol–water partition coefficient (Wildman–Crippen LogP) is 5.70. The maximum absolute atomic E-state index is 15.6. The Morgan fingerprint density at radius 3 is 2.62 bits per heavy atom. The van der Waals surface area contributed by atoms with E-state index in [1.54, 1.807) is 13.0 Å². The van der Waals surface area contributed by atoms with Gasteiger partial charge in [0, 0.05) is 24.7 Å². The molecule has 4 rings (SSSR count). The first-order valence-corrected chi connectivity index (χ1v) is 12.5. The largest absolute Gasteiger partial charge is 0.493 e. The minimum absolute atomic E-state index is 0.0109. The molecule has 0 amide bonds.